The number of nitrogens with zero attached hydrogens (tertiary/aromatic N) is 3. The Morgan fingerprint density at radius 3 is 2.33 bits per heavy atom. The van der Waals surface area contributed by atoms with E-state index in [-0.39, 0.29) is 0 Å². The summed E-state index contributed by atoms with van der Waals surface area (Å²) < 4.78 is 0. The molecule has 0 fully saturated rings. The van der Waals surface area contributed by atoms with Crippen molar-refractivity contribution in [3.63, 3.8) is 0 Å². The van der Waals surface area contributed by atoms with Crippen LogP contribution >= 0.6 is 11.3 Å². The van der Waals surface area contributed by atoms with E-state index in [0.717, 1.165) is 22.2 Å². The van der Waals surface area contributed by atoms with Crippen molar-refractivity contribution >= 4 is 11.3 Å². The van der Waals surface area contributed by atoms with E-state index in [9.17, 15) is 0 Å². The summed E-state index contributed by atoms with van der Waals surface area (Å²) in [6.07, 6.45) is 1.76. The zero-order valence-corrected chi connectivity index (χ0v) is 10.3. The van der Waals surface area contributed by atoms with Gasteiger partial charge in [-0.25, -0.2) is 15.0 Å². The molecular formula is C11H15N3S. The van der Waals surface area contributed by atoms with E-state index < -0.39 is 0 Å². The van der Waals surface area contributed by atoms with Crippen LogP contribution in [0.1, 0.15) is 24.7 Å². The van der Waals surface area contributed by atoms with Crippen LogP contribution in [0.4, 0.5) is 0 Å². The third-order valence-corrected chi connectivity index (χ3v) is 2.43. The Bertz CT molecular complexity index is 423. The number of aryl methyl sites for hydroxylation is 2. The highest BCUT2D eigenvalue weighted by atomic mass is 32.1. The standard InChI is InChI=1S/C9H9N3S.C2H6/c1-6-10-4-3-8(11-6)9-5-13-7(2)12-9;1-2/h3-5H,1-2H3;1-2H3. The minimum absolute atomic E-state index is 0.781. The number of aromatic nitrogens is 3. The van der Waals surface area contributed by atoms with Crippen molar-refractivity contribution < 1.29 is 0 Å². The Labute approximate surface area is 94.3 Å². The van der Waals surface area contributed by atoms with Crippen LogP contribution in [-0.2, 0) is 0 Å². The van der Waals surface area contributed by atoms with Gasteiger partial charge in [-0.1, -0.05) is 13.8 Å². The van der Waals surface area contributed by atoms with Crippen molar-refractivity contribution in [1.82, 2.24) is 15.0 Å². The summed E-state index contributed by atoms with van der Waals surface area (Å²) in [5.41, 5.74) is 1.84. The molecule has 15 heavy (non-hydrogen) atoms. The molecule has 0 saturated heterocycles. The zero-order chi connectivity index (χ0) is 11.3. The van der Waals surface area contributed by atoms with Gasteiger partial charge in [0.15, 0.2) is 0 Å². The predicted molar refractivity (Wildman–Crippen MR) is 64.0 cm³/mol. The lowest BCUT2D eigenvalue weighted by Gasteiger charge is -1.95. The highest BCUT2D eigenvalue weighted by molar-refractivity contribution is 7.09. The summed E-state index contributed by atoms with van der Waals surface area (Å²) >= 11 is 1.63. The first-order valence-corrected chi connectivity index (χ1v) is 5.86. The van der Waals surface area contributed by atoms with E-state index in [1.54, 1.807) is 17.5 Å². The summed E-state index contributed by atoms with van der Waals surface area (Å²) in [4.78, 5) is 12.7. The van der Waals surface area contributed by atoms with Gasteiger partial charge in [-0.3, -0.25) is 0 Å². The lowest BCUT2D eigenvalue weighted by molar-refractivity contribution is 1.05. The maximum atomic E-state index is 4.35. The largest absolute Gasteiger partial charge is 0.242 e. The molecule has 0 saturated carbocycles. The molecule has 0 radical (unpaired) electrons. The Hall–Kier alpha value is -1.29. The van der Waals surface area contributed by atoms with Crippen LogP contribution in [0.5, 0.6) is 0 Å². The van der Waals surface area contributed by atoms with Crippen molar-refractivity contribution in [1.29, 1.82) is 0 Å². The van der Waals surface area contributed by atoms with Gasteiger partial charge in [0.25, 0.3) is 0 Å². The Balaban J connectivity index is 0.000000531. The van der Waals surface area contributed by atoms with Gasteiger partial charge in [0.1, 0.15) is 5.82 Å². The zero-order valence-electron chi connectivity index (χ0n) is 9.48. The van der Waals surface area contributed by atoms with Gasteiger partial charge < -0.3 is 0 Å². The fourth-order valence-corrected chi connectivity index (χ4v) is 1.69. The molecule has 2 heterocycles. The average molecular weight is 221 g/mol. The SMILES string of the molecule is CC.Cc1nccc(-c2csc(C)n2)n1. The maximum absolute atomic E-state index is 4.35. The van der Waals surface area contributed by atoms with Crippen LogP contribution in [0.3, 0.4) is 0 Å². The maximum Gasteiger partial charge on any atom is 0.125 e. The molecule has 0 aliphatic heterocycles. The normalized spacial score (nSPS) is 9.33. The van der Waals surface area contributed by atoms with E-state index in [2.05, 4.69) is 15.0 Å². The van der Waals surface area contributed by atoms with E-state index in [1.165, 1.54) is 0 Å². The molecule has 4 heteroatoms. The topological polar surface area (TPSA) is 38.7 Å². The van der Waals surface area contributed by atoms with Crippen LogP contribution in [0.2, 0.25) is 0 Å². The predicted octanol–water partition coefficient (Wildman–Crippen LogP) is 3.24. The van der Waals surface area contributed by atoms with Crippen molar-refractivity contribution in [2.45, 2.75) is 27.7 Å². The van der Waals surface area contributed by atoms with Crippen molar-refractivity contribution in [3.8, 4) is 11.4 Å². The molecule has 0 aromatic carbocycles. The second-order valence-corrected chi connectivity index (χ2v) is 3.80. The van der Waals surface area contributed by atoms with Gasteiger partial charge in [-0.15, -0.1) is 11.3 Å². The molecular weight excluding hydrogens is 206 g/mol. The summed E-state index contributed by atoms with van der Waals surface area (Å²) in [7, 11) is 0. The van der Waals surface area contributed by atoms with Gasteiger partial charge in [-0.05, 0) is 19.9 Å². The molecule has 80 valence electrons. The summed E-state index contributed by atoms with van der Waals surface area (Å²) in [6.45, 7) is 7.87. The first kappa shape index (κ1) is 11.8. The van der Waals surface area contributed by atoms with E-state index >= 15 is 0 Å². The Kier molecular flexibility index (Phi) is 4.37. The van der Waals surface area contributed by atoms with Crippen molar-refractivity contribution in [2.24, 2.45) is 0 Å². The van der Waals surface area contributed by atoms with Gasteiger partial charge >= 0.3 is 0 Å². The van der Waals surface area contributed by atoms with Gasteiger partial charge in [0, 0.05) is 11.6 Å². The van der Waals surface area contributed by atoms with Crippen LogP contribution in [0.15, 0.2) is 17.6 Å². The minimum atomic E-state index is 0.781. The molecule has 0 aliphatic rings. The second-order valence-electron chi connectivity index (χ2n) is 2.74. The molecule has 3 nitrogen and oxygen atoms in total. The first-order chi connectivity index (χ1) is 7.25. The monoisotopic (exact) mass is 221 g/mol. The van der Waals surface area contributed by atoms with Crippen LogP contribution in [0, 0.1) is 13.8 Å². The fraction of sp³-hybridized carbons (Fsp3) is 0.364. The van der Waals surface area contributed by atoms with Crippen LogP contribution < -0.4 is 0 Å². The van der Waals surface area contributed by atoms with Gasteiger partial charge in [0.05, 0.1) is 16.4 Å². The highest BCUT2D eigenvalue weighted by Crippen LogP contribution is 2.18. The summed E-state index contributed by atoms with van der Waals surface area (Å²) in [5, 5.41) is 3.07. The molecule has 2 aromatic rings. The Morgan fingerprint density at radius 2 is 1.80 bits per heavy atom. The third-order valence-electron chi connectivity index (χ3n) is 1.66. The number of thiazole rings is 1. The average Bonchev–Trinajstić information content (AvgIpc) is 2.68. The molecule has 0 amide bonds. The quantitative estimate of drug-likeness (QED) is 0.742. The van der Waals surface area contributed by atoms with Crippen molar-refractivity contribution in [2.75, 3.05) is 0 Å². The molecule has 2 aromatic heterocycles. The van der Waals surface area contributed by atoms with Crippen molar-refractivity contribution in [3.05, 3.63) is 28.5 Å². The number of rotatable bonds is 1. The summed E-state index contributed by atoms with van der Waals surface area (Å²) in [5.74, 6) is 0.781. The number of hydrogen-bond acceptors (Lipinski definition) is 4. The van der Waals surface area contributed by atoms with Crippen LogP contribution in [0.25, 0.3) is 11.4 Å². The second kappa shape index (κ2) is 5.56. The minimum Gasteiger partial charge on any atom is -0.242 e. The highest BCUT2D eigenvalue weighted by Gasteiger charge is 2.02. The van der Waals surface area contributed by atoms with E-state index in [4.69, 9.17) is 0 Å². The van der Waals surface area contributed by atoms with Gasteiger partial charge in [-0.2, -0.15) is 0 Å². The first-order valence-electron chi connectivity index (χ1n) is 4.98. The smallest absolute Gasteiger partial charge is 0.125 e. The van der Waals surface area contributed by atoms with Crippen LogP contribution in [-0.4, -0.2) is 15.0 Å². The molecule has 0 unspecified atom stereocenters. The molecule has 2 rings (SSSR count). The molecule has 0 bridgehead atoms. The lowest BCUT2D eigenvalue weighted by atomic mass is 10.3. The fourth-order valence-electron chi connectivity index (χ4n) is 1.08. The molecule has 0 spiro atoms. The summed E-state index contributed by atoms with van der Waals surface area (Å²) in [6, 6.07) is 1.88. The Morgan fingerprint density at radius 1 is 1.07 bits per heavy atom. The third kappa shape index (κ3) is 3.09. The van der Waals surface area contributed by atoms with Gasteiger partial charge in [0.2, 0.25) is 0 Å². The molecule has 0 aliphatic carbocycles. The van der Waals surface area contributed by atoms with E-state index in [1.807, 2.05) is 39.1 Å². The lowest BCUT2D eigenvalue weighted by Crippen LogP contribution is -1.89. The molecule has 0 atom stereocenters. The number of hydrogen-bond donors (Lipinski definition) is 0. The van der Waals surface area contributed by atoms with E-state index in [0.29, 0.717) is 0 Å². The molecule has 0 N–H and O–H groups in total.